The van der Waals surface area contributed by atoms with E-state index in [0.717, 1.165) is 0 Å². The van der Waals surface area contributed by atoms with Gasteiger partial charge in [-0.05, 0) is 22.6 Å². The molecule has 16 heavy (non-hydrogen) atoms. The van der Waals surface area contributed by atoms with Crippen LogP contribution in [0.2, 0.25) is 0 Å². The molecule has 7 heteroatoms. The maximum Gasteiger partial charge on any atom is 0.365 e. The Hall–Kier alpha value is -1.91. The molecule has 0 aliphatic rings. The van der Waals surface area contributed by atoms with E-state index in [4.69, 9.17) is 5.26 Å². The lowest BCUT2D eigenvalue weighted by Crippen LogP contribution is -2.10. The fourth-order valence-corrected chi connectivity index (χ4v) is 1.79. The first-order valence-corrected chi connectivity index (χ1v) is 5.91. The van der Waals surface area contributed by atoms with E-state index in [1.165, 1.54) is 10.9 Å². The molecule has 80 valence electrons. The zero-order valence-electron chi connectivity index (χ0n) is 8.36. The number of tetrazole rings is 1. The van der Waals surface area contributed by atoms with Crippen LogP contribution in [0.3, 0.4) is 0 Å². The van der Waals surface area contributed by atoms with Gasteiger partial charge in [-0.25, -0.2) is 0 Å². The van der Waals surface area contributed by atoms with E-state index in [9.17, 15) is 4.55 Å². The number of nitriles is 1. The van der Waals surface area contributed by atoms with Gasteiger partial charge in [0.25, 0.3) is 0 Å². The van der Waals surface area contributed by atoms with Crippen LogP contribution in [0, 0.1) is 11.3 Å². The summed E-state index contributed by atoms with van der Waals surface area (Å²) in [5.41, 5.74) is 0.960. The molecule has 0 bridgehead atoms. The summed E-state index contributed by atoms with van der Waals surface area (Å²) in [6.07, 6.45) is 1.48. The molecule has 2 aromatic rings. The highest BCUT2D eigenvalue weighted by atomic mass is 32.2. The molecule has 0 aliphatic carbocycles. The molecule has 0 spiro atoms. The van der Waals surface area contributed by atoms with Crippen molar-refractivity contribution >= 4 is 11.2 Å². The second-order valence-electron chi connectivity index (χ2n) is 2.96. The third kappa shape index (κ3) is 1.76. The van der Waals surface area contributed by atoms with Crippen molar-refractivity contribution in [3.05, 3.63) is 29.8 Å². The van der Waals surface area contributed by atoms with Gasteiger partial charge in [-0.15, -0.1) is 0 Å². The van der Waals surface area contributed by atoms with E-state index < -0.39 is 11.2 Å². The molecule has 0 saturated heterocycles. The van der Waals surface area contributed by atoms with Crippen molar-refractivity contribution in [2.75, 3.05) is 6.26 Å². The molecule has 2 rings (SSSR count). The number of aromatic nitrogens is 4. The molecule has 1 aromatic carbocycles. The highest BCUT2D eigenvalue weighted by Gasteiger charge is 2.18. The van der Waals surface area contributed by atoms with E-state index in [-0.39, 0.29) is 5.16 Å². The molecule has 0 aliphatic heterocycles. The Morgan fingerprint density at radius 1 is 1.44 bits per heavy atom. The van der Waals surface area contributed by atoms with Gasteiger partial charge in [0, 0.05) is 11.2 Å². The summed E-state index contributed by atoms with van der Waals surface area (Å²) in [5.74, 6) is 0. The molecular formula is C9H7N5OS. The van der Waals surface area contributed by atoms with Crippen molar-refractivity contribution in [1.29, 1.82) is 5.26 Å². The summed E-state index contributed by atoms with van der Waals surface area (Å²) in [4.78, 5) is 0. The average Bonchev–Trinajstić information content (AvgIpc) is 2.77. The molecule has 1 atom stereocenters. The number of para-hydroxylation sites is 1. The maximum atomic E-state index is 11.4. The van der Waals surface area contributed by atoms with E-state index >= 15 is 0 Å². The molecular weight excluding hydrogens is 226 g/mol. The predicted molar refractivity (Wildman–Crippen MR) is 56.2 cm³/mol. The van der Waals surface area contributed by atoms with Gasteiger partial charge in [0.15, 0.2) is 0 Å². The summed E-state index contributed by atoms with van der Waals surface area (Å²) in [7, 11) is 0. The van der Waals surface area contributed by atoms with Crippen LogP contribution < -0.4 is 0 Å². The summed E-state index contributed by atoms with van der Waals surface area (Å²) in [6, 6.07) is 8.90. The van der Waals surface area contributed by atoms with Gasteiger partial charge >= 0.3 is 5.16 Å². The largest absolute Gasteiger partial charge is 0.609 e. The summed E-state index contributed by atoms with van der Waals surface area (Å²) in [5, 5.41) is 20.0. The number of nitrogens with zero attached hydrogens (tertiary/aromatic N) is 5. The smallest absolute Gasteiger partial charge is 0.365 e. The van der Waals surface area contributed by atoms with Crippen LogP contribution in [0.5, 0.6) is 0 Å². The van der Waals surface area contributed by atoms with Crippen molar-refractivity contribution < 1.29 is 4.55 Å². The molecule has 1 unspecified atom stereocenters. The molecule has 0 amide bonds. The monoisotopic (exact) mass is 233 g/mol. The quantitative estimate of drug-likeness (QED) is 0.694. The normalized spacial score (nSPS) is 12.1. The molecule has 6 nitrogen and oxygen atoms in total. The lowest BCUT2D eigenvalue weighted by Gasteiger charge is -2.05. The van der Waals surface area contributed by atoms with E-state index in [1.807, 2.05) is 6.07 Å². The van der Waals surface area contributed by atoms with Crippen molar-refractivity contribution in [2.45, 2.75) is 5.16 Å². The maximum absolute atomic E-state index is 11.4. The Bertz CT molecular complexity index is 545. The molecule has 0 N–H and O–H groups in total. The summed E-state index contributed by atoms with van der Waals surface area (Å²) < 4.78 is 12.7. The molecule has 1 heterocycles. The number of rotatable bonds is 2. The third-order valence-corrected chi connectivity index (χ3v) is 2.72. The van der Waals surface area contributed by atoms with E-state index in [2.05, 4.69) is 15.5 Å². The second-order valence-corrected chi connectivity index (χ2v) is 4.23. The van der Waals surface area contributed by atoms with Gasteiger partial charge in [0.1, 0.15) is 12.3 Å². The highest BCUT2D eigenvalue weighted by molar-refractivity contribution is 7.90. The van der Waals surface area contributed by atoms with Crippen LogP contribution in [0.1, 0.15) is 5.56 Å². The van der Waals surface area contributed by atoms with Crippen LogP contribution in [0.15, 0.2) is 29.4 Å². The van der Waals surface area contributed by atoms with Crippen molar-refractivity contribution in [2.24, 2.45) is 0 Å². The van der Waals surface area contributed by atoms with Crippen LogP contribution in [-0.4, -0.2) is 31.0 Å². The van der Waals surface area contributed by atoms with E-state index in [1.54, 1.807) is 24.3 Å². The van der Waals surface area contributed by atoms with Crippen LogP contribution in [-0.2, 0) is 11.2 Å². The highest BCUT2D eigenvalue weighted by Crippen LogP contribution is 2.15. The fourth-order valence-electron chi connectivity index (χ4n) is 1.26. The van der Waals surface area contributed by atoms with Crippen molar-refractivity contribution in [1.82, 2.24) is 20.2 Å². The Labute approximate surface area is 94.7 Å². The minimum atomic E-state index is -1.30. The molecule has 0 fully saturated rings. The zero-order valence-corrected chi connectivity index (χ0v) is 9.18. The zero-order chi connectivity index (χ0) is 11.5. The first kappa shape index (κ1) is 10.6. The lowest BCUT2D eigenvalue weighted by molar-refractivity contribution is 0.585. The summed E-state index contributed by atoms with van der Waals surface area (Å²) >= 11 is -1.30. The Morgan fingerprint density at radius 2 is 2.19 bits per heavy atom. The topological polar surface area (TPSA) is 90.4 Å². The van der Waals surface area contributed by atoms with Gasteiger partial charge in [0.05, 0.1) is 11.3 Å². The van der Waals surface area contributed by atoms with Crippen LogP contribution >= 0.6 is 0 Å². The van der Waals surface area contributed by atoms with Crippen molar-refractivity contribution in [3.63, 3.8) is 0 Å². The van der Waals surface area contributed by atoms with E-state index in [0.29, 0.717) is 11.3 Å². The minimum absolute atomic E-state index is 0.225. The van der Waals surface area contributed by atoms with Crippen molar-refractivity contribution in [3.8, 4) is 11.8 Å². The number of hydrogen-bond acceptors (Lipinski definition) is 5. The molecule has 0 saturated carbocycles. The van der Waals surface area contributed by atoms with Gasteiger partial charge in [-0.2, -0.15) is 9.94 Å². The number of hydrogen-bond donors (Lipinski definition) is 0. The molecule has 0 radical (unpaired) electrons. The van der Waals surface area contributed by atoms with Gasteiger partial charge in [0.2, 0.25) is 0 Å². The van der Waals surface area contributed by atoms with Gasteiger partial charge in [-0.1, -0.05) is 17.2 Å². The van der Waals surface area contributed by atoms with Crippen LogP contribution in [0.25, 0.3) is 5.69 Å². The second kappa shape index (κ2) is 4.30. The van der Waals surface area contributed by atoms with Gasteiger partial charge < -0.3 is 4.55 Å². The first-order valence-electron chi connectivity index (χ1n) is 4.35. The average molecular weight is 233 g/mol. The summed E-state index contributed by atoms with van der Waals surface area (Å²) in [6.45, 7) is 0. The fraction of sp³-hybridized carbons (Fsp3) is 0.111. The minimum Gasteiger partial charge on any atom is -0.609 e. The SMILES string of the molecule is C[S+]([O-])c1nnnn1-c1ccccc1C#N. The Morgan fingerprint density at radius 3 is 2.88 bits per heavy atom. The molecule has 1 aromatic heterocycles. The van der Waals surface area contributed by atoms with Crippen LogP contribution in [0.4, 0.5) is 0 Å². The first-order chi connectivity index (χ1) is 7.74. The number of benzene rings is 1. The lowest BCUT2D eigenvalue weighted by atomic mass is 10.2. The Balaban J connectivity index is 2.60. The standard InChI is InChI=1S/C9H7N5OS/c1-16(15)9-11-12-13-14(9)8-5-3-2-4-7(8)6-10/h2-5H,1H3. The Kier molecular flexibility index (Phi) is 2.85. The third-order valence-electron chi connectivity index (χ3n) is 1.95. The predicted octanol–water partition coefficient (Wildman–Crippen LogP) is 0.271. The van der Waals surface area contributed by atoms with Gasteiger partial charge in [-0.3, -0.25) is 0 Å².